The molecule has 1 atom stereocenters. The van der Waals surface area contributed by atoms with Gasteiger partial charge in [-0.25, -0.2) is 17.7 Å². The van der Waals surface area contributed by atoms with Crippen LogP contribution in [0.15, 0.2) is 18.3 Å². The molecule has 0 unspecified atom stereocenters. The van der Waals surface area contributed by atoms with E-state index >= 15 is 0 Å². The number of carbonyl (C=O) groups excluding carboxylic acids is 1. The summed E-state index contributed by atoms with van der Waals surface area (Å²) in [7, 11) is -1.73. The largest absolute Gasteiger partial charge is 0.481 e. The number of pyridine rings is 1. The first-order valence-corrected chi connectivity index (χ1v) is 8.51. The van der Waals surface area contributed by atoms with Crippen molar-refractivity contribution in [2.45, 2.75) is 12.8 Å². The van der Waals surface area contributed by atoms with Crippen LogP contribution < -0.4 is 10.1 Å². The van der Waals surface area contributed by atoms with Gasteiger partial charge in [-0.1, -0.05) is 0 Å². The average Bonchev–Trinajstić information content (AvgIpc) is 2.47. The molecule has 1 saturated heterocycles. The van der Waals surface area contributed by atoms with Gasteiger partial charge in [-0.05, 0) is 18.9 Å². The molecule has 2 heterocycles. The highest BCUT2D eigenvalue weighted by atomic mass is 32.2. The minimum absolute atomic E-state index is 0.185. The minimum Gasteiger partial charge on any atom is -0.481 e. The van der Waals surface area contributed by atoms with E-state index in [0.29, 0.717) is 31.0 Å². The van der Waals surface area contributed by atoms with Crippen molar-refractivity contribution in [2.24, 2.45) is 5.92 Å². The molecule has 1 aromatic heterocycles. The summed E-state index contributed by atoms with van der Waals surface area (Å²) in [6, 6.07) is 3.35. The molecule has 1 aromatic rings. The van der Waals surface area contributed by atoms with Crippen molar-refractivity contribution >= 4 is 21.6 Å². The van der Waals surface area contributed by atoms with Crippen LogP contribution in [0.4, 0.5) is 5.69 Å². The van der Waals surface area contributed by atoms with Gasteiger partial charge in [-0.2, -0.15) is 0 Å². The molecule has 0 saturated carbocycles. The van der Waals surface area contributed by atoms with Gasteiger partial charge in [0.15, 0.2) is 0 Å². The number of amides is 1. The van der Waals surface area contributed by atoms with Gasteiger partial charge >= 0.3 is 0 Å². The number of aromatic nitrogens is 1. The molecule has 21 heavy (non-hydrogen) atoms. The predicted octanol–water partition coefficient (Wildman–Crippen LogP) is 0.700. The van der Waals surface area contributed by atoms with E-state index in [0.717, 1.165) is 0 Å². The lowest BCUT2D eigenvalue weighted by molar-refractivity contribution is -0.120. The summed E-state index contributed by atoms with van der Waals surface area (Å²) >= 11 is 0. The fourth-order valence-electron chi connectivity index (χ4n) is 2.28. The van der Waals surface area contributed by atoms with Crippen LogP contribution in [0, 0.1) is 5.92 Å². The standard InChI is InChI=1S/C13H19N3O4S/c1-20-12-6-5-11(8-14-12)15-13(17)10-4-3-7-16(9-10)21(2,18)19/h5-6,8,10H,3-4,7,9H2,1-2H3,(H,15,17)/t10-/m0/s1. The van der Waals surface area contributed by atoms with Crippen LogP contribution in [0.1, 0.15) is 12.8 Å². The summed E-state index contributed by atoms with van der Waals surface area (Å²) in [5.41, 5.74) is 0.567. The second-order valence-corrected chi connectivity index (χ2v) is 7.02. The molecule has 116 valence electrons. The van der Waals surface area contributed by atoms with E-state index < -0.39 is 10.0 Å². The maximum absolute atomic E-state index is 12.2. The molecule has 0 bridgehead atoms. The van der Waals surface area contributed by atoms with E-state index in [4.69, 9.17) is 4.74 Å². The lowest BCUT2D eigenvalue weighted by Gasteiger charge is -2.30. The Hall–Kier alpha value is -1.67. The Labute approximate surface area is 124 Å². The molecule has 1 fully saturated rings. The van der Waals surface area contributed by atoms with E-state index in [1.807, 2.05) is 0 Å². The van der Waals surface area contributed by atoms with Crippen LogP contribution in [0.25, 0.3) is 0 Å². The van der Waals surface area contributed by atoms with Gasteiger partial charge in [0, 0.05) is 19.2 Å². The number of hydrogen-bond donors (Lipinski definition) is 1. The molecule has 1 aliphatic rings. The highest BCUT2D eigenvalue weighted by Crippen LogP contribution is 2.20. The number of rotatable bonds is 4. The Kier molecular flexibility index (Phi) is 4.79. The molecule has 0 radical (unpaired) electrons. The van der Waals surface area contributed by atoms with E-state index in [9.17, 15) is 13.2 Å². The maximum Gasteiger partial charge on any atom is 0.228 e. The first-order chi connectivity index (χ1) is 9.90. The third-order valence-corrected chi connectivity index (χ3v) is 4.71. The predicted molar refractivity (Wildman–Crippen MR) is 78.6 cm³/mol. The lowest BCUT2D eigenvalue weighted by atomic mass is 9.99. The zero-order valence-electron chi connectivity index (χ0n) is 12.1. The lowest BCUT2D eigenvalue weighted by Crippen LogP contribution is -2.43. The molecule has 8 heteroatoms. The molecule has 0 aromatic carbocycles. The second kappa shape index (κ2) is 6.40. The third kappa shape index (κ3) is 4.15. The van der Waals surface area contributed by atoms with Gasteiger partial charge in [-0.3, -0.25) is 4.79 Å². The Bertz CT molecular complexity index is 600. The number of carbonyl (C=O) groups is 1. The topological polar surface area (TPSA) is 88.6 Å². The van der Waals surface area contributed by atoms with E-state index in [1.165, 1.54) is 23.9 Å². The maximum atomic E-state index is 12.2. The number of piperidine rings is 1. The van der Waals surface area contributed by atoms with Gasteiger partial charge in [-0.15, -0.1) is 0 Å². The van der Waals surface area contributed by atoms with Crippen LogP contribution in [-0.2, 0) is 14.8 Å². The monoisotopic (exact) mass is 313 g/mol. The average molecular weight is 313 g/mol. The van der Waals surface area contributed by atoms with Crippen molar-refractivity contribution in [3.05, 3.63) is 18.3 Å². The fraction of sp³-hybridized carbons (Fsp3) is 0.538. The van der Waals surface area contributed by atoms with Gasteiger partial charge in [0.25, 0.3) is 0 Å². The van der Waals surface area contributed by atoms with E-state index in [1.54, 1.807) is 12.1 Å². The molecular formula is C13H19N3O4S. The Morgan fingerprint density at radius 3 is 2.81 bits per heavy atom. The molecular weight excluding hydrogens is 294 g/mol. The highest BCUT2D eigenvalue weighted by Gasteiger charge is 2.30. The number of anilines is 1. The van der Waals surface area contributed by atoms with Crippen molar-refractivity contribution in [1.82, 2.24) is 9.29 Å². The summed E-state index contributed by atoms with van der Waals surface area (Å²) in [6.45, 7) is 0.709. The van der Waals surface area contributed by atoms with Crippen LogP contribution in [0.3, 0.4) is 0 Å². The van der Waals surface area contributed by atoms with Crippen LogP contribution in [0.5, 0.6) is 5.88 Å². The molecule has 1 N–H and O–H groups in total. The van der Waals surface area contributed by atoms with E-state index in [-0.39, 0.29) is 18.4 Å². The summed E-state index contributed by atoms with van der Waals surface area (Å²) < 4.78 is 29.4. The minimum atomic E-state index is -3.25. The van der Waals surface area contributed by atoms with Crippen molar-refractivity contribution in [2.75, 3.05) is 31.8 Å². The Morgan fingerprint density at radius 1 is 1.48 bits per heavy atom. The van der Waals surface area contributed by atoms with Crippen LogP contribution in [-0.4, -0.2) is 50.1 Å². The smallest absolute Gasteiger partial charge is 0.228 e. The molecule has 7 nitrogen and oxygen atoms in total. The van der Waals surface area contributed by atoms with Crippen LogP contribution >= 0.6 is 0 Å². The first-order valence-electron chi connectivity index (χ1n) is 6.66. The summed E-state index contributed by atoms with van der Waals surface area (Å²) in [4.78, 5) is 16.2. The Morgan fingerprint density at radius 2 is 2.24 bits per heavy atom. The number of sulfonamides is 1. The van der Waals surface area contributed by atoms with Gasteiger partial charge < -0.3 is 10.1 Å². The molecule has 0 spiro atoms. The van der Waals surface area contributed by atoms with Crippen molar-refractivity contribution in [3.8, 4) is 5.88 Å². The fourth-order valence-corrected chi connectivity index (χ4v) is 3.19. The quantitative estimate of drug-likeness (QED) is 0.884. The Balaban J connectivity index is 1.99. The molecule has 1 aliphatic heterocycles. The summed E-state index contributed by atoms with van der Waals surface area (Å²) in [6.07, 6.45) is 4.04. The van der Waals surface area contributed by atoms with Crippen molar-refractivity contribution in [3.63, 3.8) is 0 Å². The number of ether oxygens (including phenoxy) is 1. The third-order valence-electron chi connectivity index (χ3n) is 3.44. The zero-order valence-corrected chi connectivity index (χ0v) is 12.9. The summed E-state index contributed by atoms with van der Waals surface area (Å²) in [5.74, 6) is -0.0557. The van der Waals surface area contributed by atoms with Gasteiger partial charge in [0.05, 0.1) is 31.2 Å². The van der Waals surface area contributed by atoms with Crippen LogP contribution in [0.2, 0.25) is 0 Å². The molecule has 0 aliphatic carbocycles. The second-order valence-electron chi connectivity index (χ2n) is 5.04. The normalized spacial score (nSPS) is 20.0. The summed E-state index contributed by atoms with van der Waals surface area (Å²) in [5, 5.41) is 2.76. The number of nitrogens with one attached hydrogen (secondary N) is 1. The number of nitrogens with zero attached hydrogens (tertiary/aromatic N) is 2. The van der Waals surface area contributed by atoms with Crippen molar-refractivity contribution < 1.29 is 17.9 Å². The van der Waals surface area contributed by atoms with Gasteiger partial charge in [0.1, 0.15) is 0 Å². The van der Waals surface area contributed by atoms with Crippen molar-refractivity contribution in [1.29, 1.82) is 0 Å². The highest BCUT2D eigenvalue weighted by molar-refractivity contribution is 7.88. The SMILES string of the molecule is COc1ccc(NC(=O)[C@H]2CCCN(S(C)(=O)=O)C2)cn1. The van der Waals surface area contributed by atoms with Gasteiger partial charge in [0.2, 0.25) is 21.8 Å². The molecule has 1 amide bonds. The van der Waals surface area contributed by atoms with E-state index in [2.05, 4.69) is 10.3 Å². The number of methoxy groups -OCH3 is 1. The zero-order chi connectivity index (χ0) is 15.5. The first kappa shape index (κ1) is 15.7. The molecule has 2 rings (SSSR count). The number of hydrogen-bond acceptors (Lipinski definition) is 5.